The van der Waals surface area contributed by atoms with E-state index in [2.05, 4.69) is 10.6 Å². The third kappa shape index (κ3) is 6.62. The van der Waals surface area contributed by atoms with Crippen LogP contribution in [0.3, 0.4) is 0 Å². The van der Waals surface area contributed by atoms with Gasteiger partial charge >= 0.3 is 0 Å². The highest BCUT2D eigenvalue weighted by atomic mass is 16.5. The zero-order valence-electron chi connectivity index (χ0n) is 15.6. The largest absolute Gasteiger partial charge is 0.382 e. The number of hydrogen-bond donors (Lipinski definition) is 5. The molecule has 3 atom stereocenters. The molecule has 0 spiro atoms. The van der Waals surface area contributed by atoms with Crippen LogP contribution in [0.15, 0.2) is 0 Å². The molecule has 144 valence electrons. The lowest BCUT2D eigenvalue weighted by Crippen LogP contribution is -2.57. The summed E-state index contributed by atoms with van der Waals surface area (Å²) in [6.07, 6.45) is 0.408. The molecule has 8 heteroatoms. The van der Waals surface area contributed by atoms with E-state index in [1.807, 2.05) is 34.6 Å². The van der Waals surface area contributed by atoms with Crippen LogP contribution in [0.25, 0.3) is 0 Å². The second-order valence-electron chi connectivity index (χ2n) is 8.25. The molecule has 0 aromatic heterocycles. The first-order valence-electron chi connectivity index (χ1n) is 8.70. The van der Waals surface area contributed by atoms with Gasteiger partial charge in [0, 0.05) is 6.04 Å². The fraction of sp³-hybridized carbons (Fsp3) is 0.824. The Morgan fingerprint density at radius 1 is 1.08 bits per heavy atom. The molecule has 5 N–H and O–H groups in total. The summed E-state index contributed by atoms with van der Waals surface area (Å²) < 4.78 is 0. The number of aliphatic hydroxyl groups is 1. The van der Waals surface area contributed by atoms with Crippen molar-refractivity contribution in [1.82, 2.24) is 16.1 Å². The normalized spacial score (nSPS) is 18.2. The van der Waals surface area contributed by atoms with Gasteiger partial charge in [-0.1, -0.05) is 34.6 Å². The summed E-state index contributed by atoms with van der Waals surface area (Å²) in [5.74, 6) is -2.94. The molecule has 1 saturated carbocycles. The Hall–Kier alpha value is -1.67. The van der Waals surface area contributed by atoms with E-state index in [-0.39, 0.29) is 24.3 Å². The average molecular weight is 357 g/mol. The predicted octanol–water partition coefficient (Wildman–Crippen LogP) is 0.325. The van der Waals surface area contributed by atoms with Crippen molar-refractivity contribution >= 4 is 17.7 Å². The van der Waals surface area contributed by atoms with Gasteiger partial charge < -0.3 is 15.7 Å². The number of aliphatic hydroxyl groups excluding tert-OH is 1. The van der Waals surface area contributed by atoms with E-state index >= 15 is 0 Å². The molecule has 1 aliphatic carbocycles. The van der Waals surface area contributed by atoms with Crippen LogP contribution < -0.4 is 16.1 Å². The van der Waals surface area contributed by atoms with Crippen LogP contribution in [0.1, 0.15) is 53.9 Å². The Balaban J connectivity index is 2.91. The Bertz CT molecular complexity index is 497. The topological polar surface area (TPSA) is 128 Å². The molecule has 0 aromatic rings. The summed E-state index contributed by atoms with van der Waals surface area (Å²) in [7, 11) is 0. The molecule has 0 radical (unpaired) electrons. The highest BCUT2D eigenvalue weighted by Crippen LogP contribution is 2.24. The molecule has 0 saturated heterocycles. The minimum Gasteiger partial charge on any atom is -0.382 e. The van der Waals surface area contributed by atoms with Gasteiger partial charge in [-0.25, -0.2) is 5.48 Å². The Morgan fingerprint density at radius 2 is 1.64 bits per heavy atom. The van der Waals surface area contributed by atoms with Crippen LogP contribution in [-0.4, -0.2) is 46.2 Å². The van der Waals surface area contributed by atoms with Crippen molar-refractivity contribution in [3.05, 3.63) is 0 Å². The van der Waals surface area contributed by atoms with Crippen molar-refractivity contribution in [1.29, 1.82) is 0 Å². The van der Waals surface area contributed by atoms with Crippen LogP contribution in [0, 0.1) is 17.3 Å². The fourth-order valence-corrected chi connectivity index (χ4v) is 2.57. The van der Waals surface area contributed by atoms with Crippen molar-refractivity contribution in [2.75, 3.05) is 0 Å². The maximum Gasteiger partial charge on any atom is 0.272 e. The molecule has 3 amide bonds. The second-order valence-corrected chi connectivity index (χ2v) is 8.25. The lowest BCUT2D eigenvalue weighted by molar-refractivity contribution is -0.147. The van der Waals surface area contributed by atoms with Crippen LogP contribution in [0.2, 0.25) is 0 Å². The van der Waals surface area contributed by atoms with E-state index in [0.717, 1.165) is 12.8 Å². The Labute approximate surface area is 148 Å². The monoisotopic (exact) mass is 357 g/mol. The van der Waals surface area contributed by atoms with Gasteiger partial charge in [-0.2, -0.15) is 0 Å². The Morgan fingerprint density at radius 3 is 2.04 bits per heavy atom. The second kappa shape index (κ2) is 8.62. The summed E-state index contributed by atoms with van der Waals surface area (Å²) in [4.78, 5) is 36.7. The van der Waals surface area contributed by atoms with Crippen LogP contribution in [0.4, 0.5) is 0 Å². The lowest BCUT2D eigenvalue weighted by Gasteiger charge is -2.32. The van der Waals surface area contributed by atoms with Crippen molar-refractivity contribution in [2.45, 2.75) is 72.1 Å². The van der Waals surface area contributed by atoms with Crippen molar-refractivity contribution < 1.29 is 24.7 Å². The minimum absolute atomic E-state index is 0.0327. The van der Waals surface area contributed by atoms with Crippen molar-refractivity contribution in [3.63, 3.8) is 0 Å². The summed E-state index contributed by atoms with van der Waals surface area (Å²) in [6, 6.07) is -0.633. The van der Waals surface area contributed by atoms with Crippen LogP contribution in [-0.2, 0) is 14.4 Å². The number of hydroxylamine groups is 1. The van der Waals surface area contributed by atoms with E-state index in [0.29, 0.717) is 0 Å². The number of amides is 3. The van der Waals surface area contributed by atoms with Crippen molar-refractivity contribution in [2.24, 2.45) is 17.3 Å². The molecule has 1 rings (SSSR count). The molecule has 1 aliphatic rings. The molecular weight excluding hydrogens is 326 g/mol. The standard InChI is InChI=1S/C17H31N3O5/c1-9(2)8-11(12(21)15(23)20-25)14(22)19-13(17(3,4)5)16(24)18-10-6-7-10/h9-13,21,25H,6-8H2,1-5H3,(H,18,24)(H,19,22)(H,20,23)/t11-,12+,13-/m1/s1. The first-order chi connectivity index (χ1) is 11.5. The van der Waals surface area contributed by atoms with E-state index in [9.17, 15) is 19.5 Å². The number of rotatable bonds is 8. The third-order valence-electron chi connectivity index (χ3n) is 4.16. The van der Waals surface area contributed by atoms with Gasteiger partial charge in [0.25, 0.3) is 5.91 Å². The lowest BCUT2D eigenvalue weighted by atomic mass is 9.84. The van der Waals surface area contributed by atoms with Gasteiger partial charge in [0.2, 0.25) is 11.8 Å². The molecule has 0 aliphatic heterocycles. The highest BCUT2D eigenvalue weighted by Gasteiger charge is 2.39. The fourth-order valence-electron chi connectivity index (χ4n) is 2.57. The summed E-state index contributed by atoms with van der Waals surface area (Å²) in [6.45, 7) is 9.20. The maximum absolute atomic E-state index is 12.7. The first-order valence-corrected chi connectivity index (χ1v) is 8.70. The average Bonchev–Trinajstić information content (AvgIpc) is 3.30. The van der Waals surface area contributed by atoms with Gasteiger partial charge in [0.15, 0.2) is 0 Å². The zero-order chi connectivity index (χ0) is 19.4. The molecule has 8 nitrogen and oxygen atoms in total. The number of hydrogen-bond acceptors (Lipinski definition) is 5. The van der Waals surface area contributed by atoms with Gasteiger partial charge in [0.1, 0.15) is 12.1 Å². The predicted molar refractivity (Wildman–Crippen MR) is 91.4 cm³/mol. The molecule has 0 heterocycles. The molecular formula is C17H31N3O5. The number of nitrogens with one attached hydrogen (secondary N) is 3. The third-order valence-corrected chi connectivity index (χ3v) is 4.16. The van der Waals surface area contributed by atoms with Gasteiger partial charge in [-0.15, -0.1) is 0 Å². The molecule has 0 aromatic carbocycles. The smallest absolute Gasteiger partial charge is 0.272 e. The van der Waals surface area contributed by atoms with Gasteiger partial charge in [-0.05, 0) is 30.6 Å². The quantitative estimate of drug-likeness (QED) is 0.316. The summed E-state index contributed by atoms with van der Waals surface area (Å²) >= 11 is 0. The SMILES string of the molecule is CC(C)C[C@@H](C(=O)N[C@H](C(=O)NC1CC1)C(C)(C)C)[C@H](O)C(=O)NO. The Kier molecular flexibility index (Phi) is 7.37. The first kappa shape index (κ1) is 21.4. The van der Waals surface area contributed by atoms with E-state index in [1.54, 1.807) is 0 Å². The number of carbonyl (C=O) groups is 3. The minimum atomic E-state index is -1.69. The highest BCUT2D eigenvalue weighted by molar-refractivity contribution is 5.92. The van der Waals surface area contributed by atoms with Gasteiger partial charge in [0.05, 0.1) is 5.92 Å². The summed E-state index contributed by atoms with van der Waals surface area (Å²) in [5.41, 5.74) is 0.825. The molecule has 1 fully saturated rings. The maximum atomic E-state index is 12.7. The summed E-state index contributed by atoms with van der Waals surface area (Å²) in [5, 5.41) is 24.3. The van der Waals surface area contributed by atoms with E-state index in [1.165, 1.54) is 5.48 Å². The van der Waals surface area contributed by atoms with E-state index < -0.39 is 35.3 Å². The van der Waals surface area contributed by atoms with Crippen LogP contribution in [0.5, 0.6) is 0 Å². The number of carbonyl (C=O) groups excluding carboxylic acids is 3. The molecule has 0 bridgehead atoms. The van der Waals surface area contributed by atoms with Crippen molar-refractivity contribution in [3.8, 4) is 0 Å². The molecule has 25 heavy (non-hydrogen) atoms. The van der Waals surface area contributed by atoms with Crippen LogP contribution >= 0.6 is 0 Å². The van der Waals surface area contributed by atoms with Gasteiger partial charge in [-0.3, -0.25) is 19.6 Å². The zero-order valence-corrected chi connectivity index (χ0v) is 15.6. The van der Waals surface area contributed by atoms with E-state index in [4.69, 9.17) is 5.21 Å². The molecule has 0 unspecified atom stereocenters.